The molecule has 2 fully saturated rings. The highest BCUT2D eigenvalue weighted by Crippen LogP contribution is 2.37. The van der Waals surface area contributed by atoms with Gasteiger partial charge in [-0.15, -0.1) is 0 Å². The summed E-state index contributed by atoms with van der Waals surface area (Å²) in [6.45, 7) is 1.83. The van der Waals surface area contributed by atoms with E-state index in [0.29, 0.717) is 23.5 Å². The highest BCUT2D eigenvalue weighted by atomic mass is 79.9. The second kappa shape index (κ2) is 8.48. The molecular formula is C23H21BrFN5O2. The third-order valence-corrected chi connectivity index (χ3v) is 6.37. The Balaban J connectivity index is 1.44. The summed E-state index contributed by atoms with van der Waals surface area (Å²) < 4.78 is 20.7. The fourth-order valence-electron chi connectivity index (χ4n) is 4.39. The Kier molecular flexibility index (Phi) is 5.52. The molecule has 1 amide bonds. The van der Waals surface area contributed by atoms with Gasteiger partial charge in [-0.05, 0) is 42.8 Å². The molecule has 1 aromatic heterocycles. The third-order valence-electron chi connectivity index (χ3n) is 5.88. The quantitative estimate of drug-likeness (QED) is 0.557. The van der Waals surface area contributed by atoms with Gasteiger partial charge >= 0.3 is 0 Å². The van der Waals surface area contributed by atoms with E-state index in [1.807, 2.05) is 18.2 Å². The minimum Gasteiger partial charge on any atom is -0.496 e. The molecule has 0 radical (unpaired) electrons. The number of ether oxygens (including phenoxy) is 1. The van der Waals surface area contributed by atoms with Crippen molar-refractivity contribution >= 4 is 33.2 Å². The van der Waals surface area contributed by atoms with Gasteiger partial charge < -0.3 is 20.3 Å². The molecule has 0 unspecified atom stereocenters. The van der Waals surface area contributed by atoms with Crippen LogP contribution in [0.1, 0.15) is 16.9 Å². The van der Waals surface area contributed by atoms with Crippen LogP contribution in [0, 0.1) is 5.82 Å². The molecule has 2 aromatic carbocycles. The summed E-state index contributed by atoms with van der Waals surface area (Å²) in [5.41, 5.74) is 1.93. The van der Waals surface area contributed by atoms with Gasteiger partial charge in [0.05, 0.1) is 24.0 Å². The number of piperazine rings is 1. The van der Waals surface area contributed by atoms with E-state index < -0.39 is 11.7 Å². The second-order valence-electron chi connectivity index (χ2n) is 7.85. The summed E-state index contributed by atoms with van der Waals surface area (Å²) in [6, 6.07) is 12.6. The van der Waals surface area contributed by atoms with Gasteiger partial charge in [0, 0.05) is 35.8 Å². The van der Waals surface area contributed by atoms with Crippen LogP contribution in [-0.2, 0) is 0 Å². The number of benzene rings is 2. The molecule has 5 rings (SSSR count). The van der Waals surface area contributed by atoms with Gasteiger partial charge in [-0.2, -0.15) is 0 Å². The van der Waals surface area contributed by atoms with Gasteiger partial charge in [-0.3, -0.25) is 4.79 Å². The normalized spacial score (nSPS) is 19.3. The number of fused-ring (bicyclic) bond motifs is 2. The van der Waals surface area contributed by atoms with Crippen molar-refractivity contribution in [2.24, 2.45) is 0 Å². The highest BCUT2D eigenvalue weighted by molar-refractivity contribution is 9.10. The minimum absolute atomic E-state index is 0.0894. The number of carbonyl (C=O) groups is 1. The van der Waals surface area contributed by atoms with E-state index in [1.54, 1.807) is 12.1 Å². The summed E-state index contributed by atoms with van der Waals surface area (Å²) >= 11 is 3.54. The summed E-state index contributed by atoms with van der Waals surface area (Å²) in [6.07, 6.45) is 2.54. The summed E-state index contributed by atoms with van der Waals surface area (Å²) in [7, 11) is 1.45. The maximum Gasteiger partial charge on any atom is 0.274 e. The number of carbonyl (C=O) groups excluding carboxylic acids is 1. The van der Waals surface area contributed by atoms with Crippen molar-refractivity contribution in [3.8, 4) is 17.1 Å². The molecule has 2 atom stereocenters. The summed E-state index contributed by atoms with van der Waals surface area (Å²) in [5.74, 6) is -0.521. The van der Waals surface area contributed by atoms with Crippen LogP contribution >= 0.6 is 15.9 Å². The Morgan fingerprint density at radius 3 is 2.94 bits per heavy atom. The maximum atomic E-state index is 14.5. The lowest BCUT2D eigenvalue weighted by Gasteiger charge is -2.31. The van der Waals surface area contributed by atoms with Crippen LogP contribution in [0.25, 0.3) is 11.4 Å². The molecule has 164 valence electrons. The zero-order chi connectivity index (χ0) is 22.2. The van der Waals surface area contributed by atoms with Crippen LogP contribution in [0.15, 0.2) is 53.1 Å². The van der Waals surface area contributed by atoms with E-state index in [0.717, 1.165) is 29.7 Å². The van der Waals surface area contributed by atoms with Crippen molar-refractivity contribution in [3.05, 3.63) is 64.6 Å². The van der Waals surface area contributed by atoms with Crippen molar-refractivity contribution in [1.82, 2.24) is 15.3 Å². The van der Waals surface area contributed by atoms with Gasteiger partial charge in [0.2, 0.25) is 0 Å². The Bertz CT molecular complexity index is 1190. The van der Waals surface area contributed by atoms with Crippen molar-refractivity contribution in [2.45, 2.75) is 18.5 Å². The van der Waals surface area contributed by atoms with Crippen LogP contribution in [0.5, 0.6) is 5.75 Å². The van der Waals surface area contributed by atoms with E-state index in [-0.39, 0.29) is 17.1 Å². The molecular weight excluding hydrogens is 477 g/mol. The fourth-order valence-corrected chi connectivity index (χ4v) is 4.74. The molecule has 0 aliphatic carbocycles. The van der Waals surface area contributed by atoms with Gasteiger partial charge in [-0.1, -0.05) is 22.0 Å². The van der Waals surface area contributed by atoms with E-state index >= 15 is 0 Å². The summed E-state index contributed by atoms with van der Waals surface area (Å²) in [5, 5.41) is 6.47. The predicted molar refractivity (Wildman–Crippen MR) is 124 cm³/mol. The van der Waals surface area contributed by atoms with Crippen LogP contribution in [0.3, 0.4) is 0 Å². The van der Waals surface area contributed by atoms with Crippen molar-refractivity contribution in [2.75, 3.05) is 30.4 Å². The molecule has 0 saturated carbocycles. The topological polar surface area (TPSA) is 79.4 Å². The molecule has 2 saturated heterocycles. The van der Waals surface area contributed by atoms with E-state index in [4.69, 9.17) is 4.74 Å². The number of rotatable bonds is 5. The van der Waals surface area contributed by atoms with Gasteiger partial charge in [0.15, 0.2) is 5.82 Å². The Morgan fingerprint density at radius 2 is 2.19 bits per heavy atom. The monoisotopic (exact) mass is 497 g/mol. The number of halogens is 2. The predicted octanol–water partition coefficient (Wildman–Crippen LogP) is 3.86. The second-order valence-corrected chi connectivity index (χ2v) is 8.76. The number of methoxy groups -OCH3 is 1. The van der Waals surface area contributed by atoms with E-state index in [1.165, 1.54) is 25.4 Å². The average Bonchev–Trinajstić information content (AvgIpc) is 3.44. The molecule has 2 N–H and O–H groups in total. The Labute approximate surface area is 193 Å². The molecule has 32 heavy (non-hydrogen) atoms. The van der Waals surface area contributed by atoms with Crippen molar-refractivity contribution in [1.29, 1.82) is 0 Å². The molecule has 3 heterocycles. The van der Waals surface area contributed by atoms with E-state index in [2.05, 4.69) is 41.4 Å². The maximum absolute atomic E-state index is 14.5. The first-order chi connectivity index (χ1) is 15.5. The first-order valence-corrected chi connectivity index (χ1v) is 11.1. The molecule has 2 aliphatic rings. The zero-order valence-electron chi connectivity index (χ0n) is 17.3. The van der Waals surface area contributed by atoms with Crippen LogP contribution in [0.2, 0.25) is 0 Å². The fraction of sp³-hybridized carbons (Fsp3) is 0.261. The number of aromatic nitrogens is 2. The largest absolute Gasteiger partial charge is 0.496 e. The van der Waals surface area contributed by atoms with Gasteiger partial charge in [0.1, 0.15) is 17.3 Å². The molecule has 2 bridgehead atoms. The van der Waals surface area contributed by atoms with Crippen LogP contribution < -0.4 is 20.3 Å². The molecule has 7 nitrogen and oxygen atoms in total. The number of anilines is 2. The highest BCUT2D eigenvalue weighted by Gasteiger charge is 2.38. The first kappa shape index (κ1) is 20.8. The number of hydrogen-bond acceptors (Lipinski definition) is 6. The average molecular weight is 498 g/mol. The van der Waals surface area contributed by atoms with Gasteiger partial charge in [-0.25, -0.2) is 14.4 Å². The lowest BCUT2D eigenvalue weighted by atomic mass is 10.1. The molecule has 9 heteroatoms. The minimum atomic E-state index is -0.519. The van der Waals surface area contributed by atoms with Crippen LogP contribution in [0.4, 0.5) is 15.8 Å². The van der Waals surface area contributed by atoms with Crippen LogP contribution in [-0.4, -0.2) is 48.2 Å². The molecule has 2 aliphatic heterocycles. The Morgan fingerprint density at radius 1 is 1.31 bits per heavy atom. The first-order valence-electron chi connectivity index (χ1n) is 10.3. The number of nitrogens with one attached hydrogen (secondary N) is 2. The third kappa shape index (κ3) is 3.82. The standard InChI is InChI=1S/C23H21BrFN5O2/c1-32-20-4-2-3-16(25)21(20)22-26-8-7-18(28-22)23(31)29-17-6-5-13(24)9-19(17)30-12-14-10-15(30)11-27-14/h2-9,14-15,27H,10-12H2,1H3,(H,29,31)/t14-,15-/m0/s1. The molecule has 3 aromatic rings. The van der Waals surface area contributed by atoms with Crippen molar-refractivity contribution in [3.63, 3.8) is 0 Å². The number of nitrogens with zero attached hydrogens (tertiary/aromatic N) is 3. The SMILES string of the molecule is COc1cccc(F)c1-c1nccc(C(=O)Nc2ccc(Br)cc2N2C[C@@H]3C[C@H]2CN3)n1. The number of hydrogen-bond donors (Lipinski definition) is 2. The summed E-state index contributed by atoms with van der Waals surface area (Å²) in [4.78, 5) is 23.9. The molecule has 0 spiro atoms. The Hall–Kier alpha value is -3.04. The van der Waals surface area contributed by atoms with E-state index in [9.17, 15) is 9.18 Å². The van der Waals surface area contributed by atoms with Gasteiger partial charge in [0.25, 0.3) is 5.91 Å². The lowest BCUT2D eigenvalue weighted by Crippen LogP contribution is -2.44. The smallest absolute Gasteiger partial charge is 0.274 e. The lowest BCUT2D eigenvalue weighted by molar-refractivity contribution is 0.102. The number of amides is 1. The van der Waals surface area contributed by atoms with Crippen molar-refractivity contribution < 1.29 is 13.9 Å². The zero-order valence-corrected chi connectivity index (χ0v) is 18.9.